The van der Waals surface area contributed by atoms with Crippen LogP contribution in [0.15, 0.2) is 186 Å². The highest BCUT2D eigenvalue weighted by Gasteiger charge is 2.22. The molecule has 0 N–H and O–H groups in total. The molecule has 0 fully saturated rings. The fourth-order valence-electron chi connectivity index (χ4n) is 7.70. The summed E-state index contributed by atoms with van der Waals surface area (Å²) in [5, 5.41) is 6.76. The van der Waals surface area contributed by atoms with E-state index in [2.05, 4.69) is 126 Å². The zero-order valence-corrected chi connectivity index (χ0v) is 30.2. The molecule has 0 bridgehead atoms. The van der Waals surface area contributed by atoms with E-state index in [4.69, 9.17) is 19.4 Å². The van der Waals surface area contributed by atoms with Crippen molar-refractivity contribution in [1.82, 2.24) is 15.0 Å². The Bertz CT molecular complexity index is 3150. The van der Waals surface area contributed by atoms with E-state index in [0.29, 0.717) is 17.5 Å². The number of nitrogens with zero attached hydrogens (tertiary/aromatic N) is 4. The van der Waals surface area contributed by atoms with Crippen molar-refractivity contribution in [3.8, 4) is 34.2 Å². The molecular formula is C49H30N4OS. The van der Waals surface area contributed by atoms with Crippen LogP contribution in [-0.2, 0) is 0 Å². The number of thiophene rings is 1. The molecule has 3 aromatic heterocycles. The minimum Gasteiger partial charge on any atom is -0.455 e. The SMILES string of the molecule is c1ccc(-c2nc(-c3ccccc3)nc(-c3ccc4c(c3)oc3c5ccccc5c(N(c5ccccc5)c5ccc6sc7ccccc7c6c5)cc43)n2)cc1. The Morgan fingerprint density at radius 1 is 0.382 bits per heavy atom. The molecule has 6 heteroatoms. The highest BCUT2D eigenvalue weighted by atomic mass is 32.1. The molecule has 11 rings (SSSR count). The van der Waals surface area contributed by atoms with Gasteiger partial charge in [-0.2, -0.15) is 0 Å². The van der Waals surface area contributed by atoms with Crippen LogP contribution in [0.1, 0.15) is 0 Å². The summed E-state index contributed by atoms with van der Waals surface area (Å²) in [6.45, 7) is 0. The van der Waals surface area contributed by atoms with Crippen LogP contribution < -0.4 is 4.90 Å². The number of rotatable bonds is 6. The van der Waals surface area contributed by atoms with Crippen LogP contribution in [-0.4, -0.2) is 15.0 Å². The van der Waals surface area contributed by atoms with Gasteiger partial charge in [-0.25, -0.2) is 15.0 Å². The minimum atomic E-state index is 0.590. The standard InChI is InChI=1S/C49H30N4OS/c1-4-14-31(15-5-1)47-50-48(32-16-6-2-7-17-32)52-49(51-47)33-24-26-37-41-30-42(36-20-10-11-22-39(36)46(41)54-43(37)28-33)53(34-18-8-3-9-19-34)35-25-27-45-40(29-35)38-21-12-13-23-44(38)55-45/h1-30H. The van der Waals surface area contributed by atoms with Gasteiger partial charge in [0.05, 0.1) is 5.69 Å². The zero-order chi connectivity index (χ0) is 36.3. The molecule has 0 spiro atoms. The first kappa shape index (κ1) is 31.4. The first-order valence-electron chi connectivity index (χ1n) is 18.3. The summed E-state index contributed by atoms with van der Waals surface area (Å²) in [5.41, 5.74) is 7.61. The van der Waals surface area contributed by atoms with Gasteiger partial charge in [-0.3, -0.25) is 0 Å². The molecule has 0 saturated carbocycles. The van der Waals surface area contributed by atoms with Crippen LogP contribution in [0.4, 0.5) is 17.1 Å². The molecule has 11 aromatic rings. The zero-order valence-electron chi connectivity index (χ0n) is 29.4. The van der Waals surface area contributed by atoms with Crippen LogP contribution in [0.25, 0.3) is 87.0 Å². The van der Waals surface area contributed by atoms with Gasteiger partial charge in [-0.15, -0.1) is 11.3 Å². The van der Waals surface area contributed by atoms with Crippen molar-refractivity contribution in [1.29, 1.82) is 0 Å². The molecule has 0 aliphatic rings. The van der Waals surface area contributed by atoms with E-state index in [9.17, 15) is 0 Å². The molecule has 0 unspecified atom stereocenters. The quantitative estimate of drug-likeness (QED) is 0.171. The van der Waals surface area contributed by atoms with Gasteiger partial charge < -0.3 is 9.32 Å². The van der Waals surface area contributed by atoms with E-state index < -0.39 is 0 Å². The Morgan fingerprint density at radius 3 is 1.67 bits per heavy atom. The number of anilines is 3. The van der Waals surface area contributed by atoms with Crippen LogP contribution in [0.3, 0.4) is 0 Å². The fourth-order valence-corrected chi connectivity index (χ4v) is 8.78. The van der Waals surface area contributed by atoms with Gasteiger partial charge in [0, 0.05) is 69.8 Å². The molecule has 0 aliphatic heterocycles. The van der Waals surface area contributed by atoms with Crippen molar-refractivity contribution >= 4 is 81.3 Å². The van der Waals surface area contributed by atoms with Crippen molar-refractivity contribution < 1.29 is 4.42 Å². The number of fused-ring (bicyclic) bond motifs is 8. The lowest BCUT2D eigenvalue weighted by atomic mass is 10.0. The Morgan fingerprint density at radius 2 is 0.964 bits per heavy atom. The maximum Gasteiger partial charge on any atom is 0.164 e. The number of hydrogen-bond donors (Lipinski definition) is 0. The van der Waals surface area contributed by atoms with Crippen molar-refractivity contribution in [3.05, 3.63) is 182 Å². The van der Waals surface area contributed by atoms with Crippen LogP contribution >= 0.6 is 11.3 Å². The third-order valence-electron chi connectivity index (χ3n) is 10.3. The summed E-state index contributed by atoms with van der Waals surface area (Å²) >= 11 is 1.84. The molecular weight excluding hydrogens is 693 g/mol. The molecule has 0 aliphatic carbocycles. The first-order valence-corrected chi connectivity index (χ1v) is 19.1. The number of aromatic nitrogens is 3. The fraction of sp³-hybridized carbons (Fsp3) is 0. The summed E-state index contributed by atoms with van der Waals surface area (Å²) in [6.07, 6.45) is 0. The smallest absolute Gasteiger partial charge is 0.164 e. The van der Waals surface area contributed by atoms with E-state index in [1.165, 1.54) is 20.2 Å². The second-order valence-electron chi connectivity index (χ2n) is 13.6. The Labute approximate surface area is 320 Å². The van der Waals surface area contributed by atoms with Crippen molar-refractivity contribution in [2.24, 2.45) is 0 Å². The highest BCUT2D eigenvalue weighted by molar-refractivity contribution is 7.25. The summed E-state index contributed by atoms with van der Waals surface area (Å²) < 4.78 is 9.38. The van der Waals surface area contributed by atoms with E-state index in [1.807, 2.05) is 72.0 Å². The van der Waals surface area contributed by atoms with Crippen molar-refractivity contribution in [2.45, 2.75) is 0 Å². The lowest BCUT2D eigenvalue weighted by Gasteiger charge is -2.27. The van der Waals surface area contributed by atoms with Crippen LogP contribution in [0.2, 0.25) is 0 Å². The summed E-state index contributed by atoms with van der Waals surface area (Å²) in [5.74, 6) is 1.84. The largest absolute Gasteiger partial charge is 0.455 e. The maximum atomic E-state index is 6.81. The second-order valence-corrected chi connectivity index (χ2v) is 14.7. The average molecular weight is 723 g/mol. The van der Waals surface area contributed by atoms with Crippen LogP contribution in [0.5, 0.6) is 0 Å². The Kier molecular flexibility index (Phi) is 7.28. The van der Waals surface area contributed by atoms with Gasteiger partial charge in [0.1, 0.15) is 11.2 Å². The molecule has 5 nitrogen and oxygen atoms in total. The molecule has 8 aromatic carbocycles. The molecule has 0 radical (unpaired) electrons. The summed E-state index contributed by atoms with van der Waals surface area (Å²) in [4.78, 5) is 17.2. The van der Waals surface area contributed by atoms with Gasteiger partial charge in [0.15, 0.2) is 17.5 Å². The van der Waals surface area contributed by atoms with E-state index in [0.717, 1.165) is 66.5 Å². The predicted molar refractivity (Wildman–Crippen MR) is 228 cm³/mol. The van der Waals surface area contributed by atoms with Gasteiger partial charge >= 0.3 is 0 Å². The molecule has 3 heterocycles. The number of furan rings is 1. The second kappa shape index (κ2) is 12.8. The van der Waals surface area contributed by atoms with Crippen LogP contribution in [0, 0.1) is 0 Å². The topological polar surface area (TPSA) is 55.1 Å². The highest BCUT2D eigenvalue weighted by Crippen LogP contribution is 2.46. The molecule has 0 atom stereocenters. The van der Waals surface area contributed by atoms with Crippen molar-refractivity contribution in [3.63, 3.8) is 0 Å². The molecule has 258 valence electrons. The van der Waals surface area contributed by atoms with E-state index in [1.54, 1.807) is 0 Å². The molecule has 55 heavy (non-hydrogen) atoms. The Hall–Kier alpha value is -7.15. The lowest BCUT2D eigenvalue weighted by molar-refractivity contribution is 0.673. The molecule has 0 amide bonds. The van der Waals surface area contributed by atoms with Gasteiger partial charge in [-0.05, 0) is 54.6 Å². The van der Waals surface area contributed by atoms with Gasteiger partial charge in [0.2, 0.25) is 0 Å². The number of benzene rings is 8. The van der Waals surface area contributed by atoms with E-state index >= 15 is 0 Å². The van der Waals surface area contributed by atoms with E-state index in [-0.39, 0.29) is 0 Å². The minimum absolute atomic E-state index is 0.590. The number of hydrogen-bond acceptors (Lipinski definition) is 6. The maximum absolute atomic E-state index is 6.81. The van der Waals surface area contributed by atoms with Gasteiger partial charge in [0.25, 0.3) is 0 Å². The number of para-hydroxylation sites is 1. The lowest BCUT2D eigenvalue weighted by Crippen LogP contribution is -2.10. The molecule has 0 saturated heterocycles. The normalized spacial score (nSPS) is 11.6. The third kappa shape index (κ3) is 5.34. The van der Waals surface area contributed by atoms with Crippen molar-refractivity contribution in [2.75, 3.05) is 4.90 Å². The third-order valence-corrected chi connectivity index (χ3v) is 11.4. The van der Waals surface area contributed by atoms with Gasteiger partial charge in [-0.1, -0.05) is 127 Å². The predicted octanol–water partition coefficient (Wildman–Crippen LogP) is 13.8. The first-order chi connectivity index (χ1) is 27.2. The summed E-state index contributed by atoms with van der Waals surface area (Å²) in [7, 11) is 0. The Balaban J connectivity index is 1.11. The summed E-state index contributed by atoms with van der Waals surface area (Å²) in [6, 6.07) is 63.4. The average Bonchev–Trinajstić information content (AvgIpc) is 3.82. The monoisotopic (exact) mass is 722 g/mol.